The monoisotopic (exact) mass is 250 g/mol. The van der Waals surface area contributed by atoms with Crippen molar-refractivity contribution in [3.05, 3.63) is 10.1 Å². The van der Waals surface area contributed by atoms with E-state index in [1.165, 1.54) is 0 Å². The maximum Gasteiger partial charge on any atom is 0.378 e. The van der Waals surface area contributed by atoms with Gasteiger partial charge in [0.2, 0.25) is 0 Å². The quantitative estimate of drug-likeness (QED) is 0.475. The fraction of sp³-hybridized carbons (Fsp3) is 0.200. The van der Waals surface area contributed by atoms with Crippen molar-refractivity contribution < 1.29 is 14.7 Å². The van der Waals surface area contributed by atoms with E-state index in [-0.39, 0.29) is 0 Å². The van der Waals surface area contributed by atoms with Crippen LogP contribution in [-0.4, -0.2) is 21.7 Å². The Labute approximate surface area is 87.8 Å². The Hall–Kier alpha value is 0.0400. The minimum Gasteiger partial charge on any atom is -0.475 e. The lowest BCUT2D eigenvalue weighted by Crippen LogP contribution is -2.14. The molecule has 0 atom stereocenters. The molecule has 7 heteroatoms. The van der Waals surface area contributed by atoms with Gasteiger partial charge < -0.3 is 5.11 Å². The number of rotatable bonds is 3. The summed E-state index contributed by atoms with van der Waals surface area (Å²) in [5.41, 5.74) is 0. The Morgan fingerprint density at radius 2 is 1.58 bits per heavy atom. The maximum atomic E-state index is 10.6. The van der Waals surface area contributed by atoms with E-state index >= 15 is 0 Å². The molecule has 0 radical (unpaired) electrons. The maximum absolute atomic E-state index is 10.6. The predicted molar refractivity (Wildman–Crippen MR) is 46.9 cm³/mol. The molecule has 0 aliphatic carbocycles. The van der Waals surface area contributed by atoms with Crippen LogP contribution in [0, 0.1) is 0 Å². The van der Waals surface area contributed by atoms with E-state index in [2.05, 4.69) is 0 Å². The SMILES string of the molecule is O=C(O)C(=O)/C(Cl)=C(\Cl)C(Cl)Cl. The zero-order valence-corrected chi connectivity index (χ0v) is 8.38. The van der Waals surface area contributed by atoms with Gasteiger partial charge in [-0.1, -0.05) is 46.4 Å². The summed E-state index contributed by atoms with van der Waals surface area (Å²) in [6.07, 6.45) is 0. The van der Waals surface area contributed by atoms with E-state index in [0.717, 1.165) is 0 Å². The van der Waals surface area contributed by atoms with Crippen LogP contribution in [0.15, 0.2) is 10.1 Å². The highest BCUT2D eigenvalue weighted by molar-refractivity contribution is 6.62. The van der Waals surface area contributed by atoms with Crippen molar-refractivity contribution >= 4 is 58.2 Å². The van der Waals surface area contributed by atoms with Gasteiger partial charge in [0, 0.05) is 0 Å². The molecule has 0 aliphatic rings. The van der Waals surface area contributed by atoms with Crippen LogP contribution in [0.1, 0.15) is 0 Å². The van der Waals surface area contributed by atoms with Crippen LogP contribution in [0.25, 0.3) is 0 Å². The number of hydrogen-bond acceptors (Lipinski definition) is 2. The summed E-state index contributed by atoms with van der Waals surface area (Å²) in [6.45, 7) is 0. The molecule has 0 heterocycles. The highest BCUT2D eigenvalue weighted by atomic mass is 35.5. The number of ketones is 1. The van der Waals surface area contributed by atoms with Crippen LogP contribution in [0.2, 0.25) is 0 Å². The standard InChI is InChI=1S/C5H2Cl4O3/c6-1(2(7)4(8)9)3(10)5(11)12/h4H,(H,11,12)/b2-1+. The van der Waals surface area contributed by atoms with E-state index in [1.807, 2.05) is 0 Å². The second-order valence-electron chi connectivity index (χ2n) is 1.60. The van der Waals surface area contributed by atoms with Gasteiger partial charge >= 0.3 is 5.97 Å². The van der Waals surface area contributed by atoms with Gasteiger partial charge in [-0.25, -0.2) is 4.79 Å². The molecule has 0 bridgehead atoms. The molecule has 0 saturated carbocycles. The number of hydrogen-bond donors (Lipinski definition) is 1. The summed E-state index contributed by atoms with van der Waals surface area (Å²) in [5, 5.41) is 7.09. The summed E-state index contributed by atoms with van der Waals surface area (Å²) in [6, 6.07) is 0. The summed E-state index contributed by atoms with van der Waals surface area (Å²) in [4.78, 5) is 19.4. The minimum atomic E-state index is -1.72. The first kappa shape index (κ1) is 12.0. The average molecular weight is 252 g/mol. The third-order valence-corrected chi connectivity index (χ3v) is 2.33. The Morgan fingerprint density at radius 3 is 1.83 bits per heavy atom. The first-order valence-corrected chi connectivity index (χ1v) is 4.11. The van der Waals surface area contributed by atoms with E-state index < -0.39 is 26.7 Å². The molecule has 0 aromatic carbocycles. The van der Waals surface area contributed by atoms with Crippen LogP contribution >= 0.6 is 46.4 Å². The third-order valence-electron chi connectivity index (χ3n) is 0.795. The van der Waals surface area contributed by atoms with Crippen LogP contribution < -0.4 is 0 Å². The predicted octanol–water partition coefficient (Wildman–Crippen LogP) is 2.13. The van der Waals surface area contributed by atoms with Gasteiger partial charge in [0.05, 0.1) is 5.03 Å². The Morgan fingerprint density at radius 1 is 1.17 bits per heavy atom. The number of halogens is 4. The third kappa shape index (κ3) is 3.19. The van der Waals surface area contributed by atoms with E-state index in [1.54, 1.807) is 0 Å². The Bertz CT molecular complexity index is 245. The van der Waals surface area contributed by atoms with Crippen molar-refractivity contribution in [2.45, 2.75) is 4.84 Å². The summed E-state index contributed by atoms with van der Waals surface area (Å²) < 4.78 is 0. The van der Waals surface area contributed by atoms with Crippen LogP contribution in [0.3, 0.4) is 0 Å². The minimum absolute atomic E-state index is 0.396. The number of carbonyl (C=O) groups excluding carboxylic acids is 1. The van der Waals surface area contributed by atoms with E-state index in [0.29, 0.717) is 0 Å². The molecule has 0 fully saturated rings. The molecular weight excluding hydrogens is 250 g/mol. The van der Waals surface area contributed by atoms with Crippen molar-refractivity contribution in [3.8, 4) is 0 Å². The summed E-state index contributed by atoms with van der Waals surface area (Å²) >= 11 is 21.0. The van der Waals surface area contributed by atoms with Crippen LogP contribution in [-0.2, 0) is 9.59 Å². The van der Waals surface area contributed by atoms with E-state index in [9.17, 15) is 9.59 Å². The second kappa shape index (κ2) is 4.92. The zero-order valence-electron chi connectivity index (χ0n) is 5.35. The molecule has 1 N–H and O–H groups in total. The molecule has 12 heavy (non-hydrogen) atoms. The fourth-order valence-corrected chi connectivity index (χ4v) is 0.904. The molecule has 0 rings (SSSR count). The molecular formula is C5H2Cl4O3. The summed E-state index contributed by atoms with van der Waals surface area (Å²) in [7, 11) is 0. The molecule has 0 amide bonds. The normalized spacial score (nSPS) is 12.8. The molecule has 3 nitrogen and oxygen atoms in total. The van der Waals surface area contributed by atoms with Crippen LogP contribution in [0.4, 0.5) is 0 Å². The number of alkyl halides is 2. The highest BCUT2D eigenvalue weighted by Crippen LogP contribution is 2.24. The van der Waals surface area contributed by atoms with Gasteiger partial charge in [-0.05, 0) is 0 Å². The Balaban J connectivity index is 4.79. The number of Topliss-reactive ketones (excluding diaryl/α,β-unsaturated/α-hetero) is 1. The first-order chi connectivity index (χ1) is 5.37. The van der Waals surface area contributed by atoms with Gasteiger partial charge in [-0.15, -0.1) is 0 Å². The second-order valence-corrected chi connectivity index (χ2v) is 3.48. The topological polar surface area (TPSA) is 54.4 Å². The number of carboxylic acid groups (broad SMARTS) is 1. The lowest BCUT2D eigenvalue weighted by atomic mass is 10.3. The Kier molecular flexibility index (Phi) is 4.94. The van der Waals surface area contributed by atoms with Gasteiger partial charge in [-0.2, -0.15) is 0 Å². The van der Waals surface area contributed by atoms with Crippen molar-refractivity contribution in [3.63, 3.8) is 0 Å². The largest absolute Gasteiger partial charge is 0.475 e. The first-order valence-electron chi connectivity index (χ1n) is 2.48. The van der Waals surface area contributed by atoms with Crippen LogP contribution in [0.5, 0.6) is 0 Å². The van der Waals surface area contributed by atoms with E-state index in [4.69, 9.17) is 51.5 Å². The van der Waals surface area contributed by atoms with Gasteiger partial charge in [0.1, 0.15) is 9.87 Å². The molecule has 0 saturated heterocycles. The molecule has 0 aromatic heterocycles. The van der Waals surface area contributed by atoms with Gasteiger partial charge in [0.25, 0.3) is 5.78 Å². The van der Waals surface area contributed by atoms with Gasteiger partial charge in [-0.3, -0.25) is 4.79 Å². The number of allylic oxidation sites excluding steroid dienone is 1. The number of aliphatic carboxylic acids is 1. The molecule has 0 aliphatic heterocycles. The summed E-state index contributed by atoms with van der Waals surface area (Å²) in [5.74, 6) is -3.06. The average Bonchev–Trinajstić information content (AvgIpc) is 2.00. The van der Waals surface area contributed by atoms with Gasteiger partial charge in [0.15, 0.2) is 0 Å². The molecule has 0 spiro atoms. The molecule has 0 unspecified atom stereocenters. The lowest BCUT2D eigenvalue weighted by Gasteiger charge is -1.99. The van der Waals surface area contributed by atoms with Crippen molar-refractivity contribution in [2.24, 2.45) is 0 Å². The number of carboxylic acids is 1. The van der Waals surface area contributed by atoms with Crippen molar-refractivity contribution in [1.82, 2.24) is 0 Å². The highest BCUT2D eigenvalue weighted by Gasteiger charge is 2.21. The fourth-order valence-electron chi connectivity index (χ4n) is 0.298. The smallest absolute Gasteiger partial charge is 0.378 e. The zero-order chi connectivity index (χ0) is 9.89. The van der Waals surface area contributed by atoms with Crippen molar-refractivity contribution in [1.29, 1.82) is 0 Å². The lowest BCUT2D eigenvalue weighted by molar-refractivity contribution is -0.146. The van der Waals surface area contributed by atoms with Crippen molar-refractivity contribution in [2.75, 3.05) is 0 Å². The molecule has 68 valence electrons. The number of carbonyl (C=O) groups is 2. The molecule has 0 aromatic rings.